The van der Waals surface area contributed by atoms with Gasteiger partial charge in [-0.25, -0.2) is 0 Å². The topological polar surface area (TPSA) is 57.9 Å². The first-order valence-electron chi connectivity index (χ1n) is 6.69. The van der Waals surface area contributed by atoms with Gasteiger partial charge in [-0.15, -0.1) is 0 Å². The van der Waals surface area contributed by atoms with E-state index in [9.17, 15) is 0 Å². The van der Waals surface area contributed by atoms with Gasteiger partial charge in [-0.1, -0.05) is 18.2 Å². The molecule has 3 saturated heterocycles. The Morgan fingerprint density at radius 1 is 1.22 bits per heavy atom. The number of fused-ring (bicyclic) bond motifs is 4. The van der Waals surface area contributed by atoms with E-state index in [-0.39, 0.29) is 0 Å². The zero-order valence-corrected chi connectivity index (χ0v) is 10.5. The number of benzene rings is 1. The van der Waals surface area contributed by atoms with Crippen molar-refractivity contribution in [3.8, 4) is 0 Å². The summed E-state index contributed by atoms with van der Waals surface area (Å²) in [6, 6.07) is 8.51. The van der Waals surface area contributed by atoms with Gasteiger partial charge in [0, 0.05) is 18.0 Å². The molecule has 0 radical (unpaired) electrons. The summed E-state index contributed by atoms with van der Waals surface area (Å²) in [7, 11) is 0. The number of piperidine rings is 3. The van der Waals surface area contributed by atoms with Gasteiger partial charge in [-0.2, -0.15) is 5.10 Å². The Balaban J connectivity index is 0.000000111. The molecule has 2 bridgehead atoms. The van der Waals surface area contributed by atoms with E-state index in [1.807, 2.05) is 30.5 Å². The Morgan fingerprint density at radius 2 is 2.00 bits per heavy atom. The van der Waals surface area contributed by atoms with Crippen LogP contribution < -0.4 is 5.73 Å². The molecule has 2 aromatic rings. The third-order valence-corrected chi connectivity index (χ3v) is 4.06. The average Bonchev–Trinajstić information content (AvgIpc) is 2.89. The fraction of sp³-hybridized carbons (Fsp3) is 0.500. The third kappa shape index (κ3) is 2.40. The summed E-state index contributed by atoms with van der Waals surface area (Å²) >= 11 is 0. The van der Waals surface area contributed by atoms with E-state index >= 15 is 0 Å². The zero-order valence-electron chi connectivity index (χ0n) is 10.5. The smallest absolute Gasteiger partial charge is 0.0650 e. The molecule has 3 aliphatic rings. The summed E-state index contributed by atoms with van der Waals surface area (Å²) in [5.74, 6) is 0.856. The van der Waals surface area contributed by atoms with E-state index in [0.29, 0.717) is 6.04 Å². The summed E-state index contributed by atoms with van der Waals surface area (Å²) in [5.41, 5.74) is 6.97. The fourth-order valence-corrected chi connectivity index (χ4v) is 2.89. The summed E-state index contributed by atoms with van der Waals surface area (Å²) in [4.78, 5) is 2.48. The molecule has 4 heterocycles. The molecule has 1 atom stereocenters. The van der Waals surface area contributed by atoms with E-state index < -0.39 is 0 Å². The minimum atomic E-state index is 0.493. The lowest BCUT2D eigenvalue weighted by Crippen LogP contribution is -2.54. The minimum absolute atomic E-state index is 0.493. The number of rotatable bonds is 0. The molecule has 5 rings (SSSR count). The van der Waals surface area contributed by atoms with Crippen LogP contribution in [-0.4, -0.2) is 40.8 Å². The van der Waals surface area contributed by atoms with Gasteiger partial charge in [-0.3, -0.25) is 5.10 Å². The zero-order chi connectivity index (χ0) is 12.4. The molecule has 1 aromatic heterocycles. The maximum absolute atomic E-state index is 5.88. The highest BCUT2D eigenvalue weighted by Gasteiger charge is 2.31. The Morgan fingerprint density at radius 3 is 2.56 bits per heavy atom. The number of para-hydroxylation sites is 1. The lowest BCUT2D eigenvalue weighted by atomic mass is 9.85. The van der Waals surface area contributed by atoms with Crippen molar-refractivity contribution in [2.45, 2.75) is 18.9 Å². The molecule has 1 unspecified atom stereocenters. The van der Waals surface area contributed by atoms with E-state index in [0.717, 1.165) is 23.4 Å². The standard InChI is InChI=1S/C7H14N2.C7H6N2/c8-7-5-9-3-1-6(7)2-4-9;1-2-4-7-6(3-1)5-8-9-7/h6-7H,1-5,8H2;1-5H,(H,8,9). The van der Waals surface area contributed by atoms with Gasteiger partial charge >= 0.3 is 0 Å². The van der Waals surface area contributed by atoms with Crippen molar-refractivity contribution < 1.29 is 0 Å². The summed E-state index contributed by atoms with van der Waals surface area (Å²) in [6.45, 7) is 3.77. The number of hydrogen-bond donors (Lipinski definition) is 2. The van der Waals surface area contributed by atoms with Gasteiger partial charge in [0.05, 0.1) is 11.7 Å². The van der Waals surface area contributed by atoms with Crippen molar-refractivity contribution in [1.82, 2.24) is 15.1 Å². The van der Waals surface area contributed by atoms with Crippen molar-refractivity contribution >= 4 is 10.9 Å². The molecule has 18 heavy (non-hydrogen) atoms. The first-order valence-corrected chi connectivity index (χ1v) is 6.69. The van der Waals surface area contributed by atoms with Crippen molar-refractivity contribution in [3.05, 3.63) is 30.5 Å². The lowest BCUT2D eigenvalue weighted by molar-refractivity contribution is 0.0896. The van der Waals surface area contributed by atoms with Crippen LogP contribution >= 0.6 is 0 Å². The first-order chi connectivity index (χ1) is 8.83. The Bertz CT molecular complexity index is 469. The molecule has 0 amide bonds. The normalized spacial score (nSPS) is 29.9. The van der Waals surface area contributed by atoms with E-state index in [4.69, 9.17) is 5.73 Å². The lowest BCUT2D eigenvalue weighted by Gasteiger charge is -2.43. The number of aromatic amines is 1. The second kappa shape index (κ2) is 5.08. The van der Waals surface area contributed by atoms with Crippen LogP contribution in [0.3, 0.4) is 0 Å². The van der Waals surface area contributed by atoms with E-state index in [2.05, 4.69) is 15.1 Å². The molecule has 4 nitrogen and oxygen atoms in total. The molecular weight excluding hydrogens is 224 g/mol. The van der Waals surface area contributed by atoms with Crippen molar-refractivity contribution in [2.75, 3.05) is 19.6 Å². The van der Waals surface area contributed by atoms with Crippen LogP contribution in [0, 0.1) is 5.92 Å². The van der Waals surface area contributed by atoms with Crippen LogP contribution in [0.4, 0.5) is 0 Å². The van der Waals surface area contributed by atoms with Crippen molar-refractivity contribution in [1.29, 1.82) is 0 Å². The van der Waals surface area contributed by atoms with E-state index in [1.54, 1.807) is 0 Å². The molecule has 0 spiro atoms. The van der Waals surface area contributed by atoms with Gasteiger partial charge in [0.1, 0.15) is 0 Å². The average molecular weight is 244 g/mol. The fourth-order valence-electron chi connectivity index (χ4n) is 2.89. The van der Waals surface area contributed by atoms with Crippen LogP contribution in [0.2, 0.25) is 0 Å². The number of aromatic nitrogens is 2. The molecule has 1 aromatic carbocycles. The number of hydrogen-bond acceptors (Lipinski definition) is 3. The molecule has 4 heteroatoms. The van der Waals surface area contributed by atoms with Crippen LogP contribution in [0.1, 0.15) is 12.8 Å². The molecule has 3 N–H and O–H groups in total. The number of H-pyrrole nitrogens is 1. The quantitative estimate of drug-likeness (QED) is 0.740. The third-order valence-electron chi connectivity index (χ3n) is 4.06. The highest BCUT2D eigenvalue weighted by molar-refractivity contribution is 5.77. The molecule has 3 aliphatic heterocycles. The van der Waals surface area contributed by atoms with E-state index in [1.165, 1.54) is 25.9 Å². The summed E-state index contributed by atoms with van der Waals surface area (Å²) < 4.78 is 0. The maximum atomic E-state index is 5.88. The van der Waals surface area contributed by atoms with Gasteiger partial charge < -0.3 is 10.6 Å². The minimum Gasteiger partial charge on any atom is -0.326 e. The second-order valence-electron chi connectivity index (χ2n) is 5.26. The van der Waals surface area contributed by atoms with Crippen molar-refractivity contribution in [3.63, 3.8) is 0 Å². The van der Waals surface area contributed by atoms with Gasteiger partial charge in [0.25, 0.3) is 0 Å². The van der Waals surface area contributed by atoms with Gasteiger partial charge in [0.15, 0.2) is 0 Å². The Labute approximate surface area is 107 Å². The molecular formula is C14H20N4. The van der Waals surface area contributed by atoms with Gasteiger partial charge in [0.2, 0.25) is 0 Å². The molecule has 96 valence electrons. The molecule has 0 saturated carbocycles. The first kappa shape index (κ1) is 11.7. The largest absolute Gasteiger partial charge is 0.326 e. The van der Waals surface area contributed by atoms with Crippen molar-refractivity contribution in [2.24, 2.45) is 11.7 Å². The van der Waals surface area contributed by atoms with Crippen LogP contribution in [0.25, 0.3) is 10.9 Å². The highest BCUT2D eigenvalue weighted by atomic mass is 15.2. The predicted molar refractivity (Wildman–Crippen MR) is 73.2 cm³/mol. The monoisotopic (exact) mass is 244 g/mol. The second-order valence-corrected chi connectivity index (χ2v) is 5.26. The highest BCUT2D eigenvalue weighted by Crippen LogP contribution is 2.25. The SMILES string of the molecule is NC1CN2CCC1CC2.c1ccc2[nH]ncc2c1. The molecule has 3 fully saturated rings. The summed E-state index contributed by atoms with van der Waals surface area (Å²) in [6.07, 6.45) is 4.51. The number of nitrogens with one attached hydrogen (secondary N) is 1. The van der Waals surface area contributed by atoms with Crippen LogP contribution in [0.15, 0.2) is 30.5 Å². The van der Waals surface area contributed by atoms with Crippen LogP contribution in [0.5, 0.6) is 0 Å². The van der Waals surface area contributed by atoms with Crippen LogP contribution in [-0.2, 0) is 0 Å². The van der Waals surface area contributed by atoms with Gasteiger partial charge in [-0.05, 0) is 37.9 Å². The Hall–Kier alpha value is -1.39. The predicted octanol–water partition coefficient (Wildman–Crippen LogP) is 1.60. The Kier molecular flexibility index (Phi) is 3.30. The maximum Gasteiger partial charge on any atom is 0.0650 e. The summed E-state index contributed by atoms with van der Waals surface area (Å²) in [5, 5.41) is 7.91. The molecule has 0 aliphatic carbocycles. The number of nitrogens with zero attached hydrogens (tertiary/aromatic N) is 2. The number of nitrogens with two attached hydrogens (primary N) is 1.